The lowest BCUT2D eigenvalue weighted by Gasteiger charge is -2.24. The first-order valence-corrected chi connectivity index (χ1v) is 12.2. The van der Waals surface area contributed by atoms with Crippen LogP contribution in [-0.4, -0.2) is 63.4 Å². The average molecular weight is 469 g/mol. The molecular weight excluding hydrogens is 440 g/mol. The van der Waals surface area contributed by atoms with Crippen molar-refractivity contribution in [3.8, 4) is 5.75 Å². The molecule has 2 amide bonds. The molecule has 0 spiro atoms. The number of carbonyl (C=O) groups excluding carboxylic acids is 1. The van der Waals surface area contributed by atoms with Crippen molar-refractivity contribution in [3.05, 3.63) is 59.7 Å². The Morgan fingerprint density at radius 2 is 2.18 bits per heavy atom. The van der Waals surface area contributed by atoms with Gasteiger partial charge in [0.15, 0.2) is 5.82 Å². The highest BCUT2D eigenvalue weighted by atomic mass is 32.2. The number of ether oxygens (including phenoxy) is 1. The lowest BCUT2D eigenvalue weighted by atomic mass is 10.0. The van der Waals surface area contributed by atoms with E-state index in [1.165, 1.54) is 0 Å². The van der Waals surface area contributed by atoms with Crippen LogP contribution in [0.2, 0.25) is 0 Å². The molecule has 33 heavy (non-hydrogen) atoms. The van der Waals surface area contributed by atoms with Gasteiger partial charge in [-0.1, -0.05) is 12.1 Å². The maximum Gasteiger partial charge on any atom is 0.321 e. The van der Waals surface area contributed by atoms with Gasteiger partial charge in [0.2, 0.25) is 0 Å². The fourth-order valence-electron chi connectivity index (χ4n) is 3.76. The van der Waals surface area contributed by atoms with Crippen LogP contribution in [0.3, 0.4) is 0 Å². The molecule has 2 N–H and O–H groups in total. The average Bonchev–Trinajstić information content (AvgIpc) is 3.50. The molecule has 1 aromatic carbocycles. The quantitative estimate of drug-likeness (QED) is 0.467. The maximum atomic E-state index is 12.1. The molecule has 2 unspecified atom stereocenters. The van der Waals surface area contributed by atoms with Gasteiger partial charge in [0, 0.05) is 30.6 Å². The predicted molar refractivity (Wildman–Crippen MR) is 128 cm³/mol. The number of nitrogens with zero attached hydrogens (tertiary/aromatic N) is 6. The minimum atomic E-state index is -0.332. The molecule has 10 nitrogen and oxygen atoms in total. The van der Waals surface area contributed by atoms with Crippen LogP contribution in [0.15, 0.2) is 42.6 Å². The third kappa shape index (κ3) is 5.25. The van der Waals surface area contributed by atoms with Crippen LogP contribution in [-0.2, 0) is 6.54 Å². The minimum Gasteiger partial charge on any atom is -0.495 e. The Morgan fingerprint density at radius 3 is 2.88 bits per heavy atom. The van der Waals surface area contributed by atoms with Crippen LogP contribution >= 0.6 is 11.8 Å². The molecule has 3 heterocycles. The van der Waals surface area contributed by atoms with Crippen molar-refractivity contribution in [2.45, 2.75) is 25.6 Å². The highest BCUT2D eigenvalue weighted by Crippen LogP contribution is 2.27. The van der Waals surface area contributed by atoms with Crippen LogP contribution in [0.1, 0.15) is 36.1 Å². The number of amides is 2. The van der Waals surface area contributed by atoms with E-state index in [-0.39, 0.29) is 18.1 Å². The van der Waals surface area contributed by atoms with Crippen LogP contribution < -0.4 is 20.3 Å². The molecule has 1 saturated heterocycles. The normalized spacial score (nSPS) is 15.4. The molecule has 0 bridgehead atoms. The zero-order valence-corrected chi connectivity index (χ0v) is 19.7. The fraction of sp³-hybridized carbons (Fsp3) is 0.409. The Hall–Kier alpha value is -3.18. The molecule has 0 saturated carbocycles. The lowest BCUT2D eigenvalue weighted by molar-refractivity contribution is 0.252. The monoisotopic (exact) mass is 468 g/mol. The Bertz CT molecular complexity index is 1070. The summed E-state index contributed by atoms with van der Waals surface area (Å²) in [5.41, 5.74) is 2.71. The van der Waals surface area contributed by atoms with Gasteiger partial charge in [0.05, 0.1) is 25.5 Å². The van der Waals surface area contributed by atoms with Crippen molar-refractivity contribution in [1.82, 2.24) is 35.8 Å². The first-order valence-electron chi connectivity index (χ1n) is 10.8. The number of hydrogen-bond donors (Lipinski definition) is 2. The van der Waals surface area contributed by atoms with Gasteiger partial charge >= 0.3 is 6.03 Å². The second kappa shape index (κ2) is 10.6. The largest absolute Gasteiger partial charge is 0.495 e. The van der Waals surface area contributed by atoms with Gasteiger partial charge < -0.3 is 10.1 Å². The number of rotatable bonds is 10. The van der Waals surface area contributed by atoms with Crippen molar-refractivity contribution >= 4 is 23.5 Å². The molecule has 0 aliphatic carbocycles. The molecular formula is C22H28N8O2S. The number of tetrazole rings is 1. The van der Waals surface area contributed by atoms with E-state index in [2.05, 4.69) is 44.3 Å². The van der Waals surface area contributed by atoms with Crippen LogP contribution in [0.25, 0.3) is 0 Å². The van der Waals surface area contributed by atoms with E-state index in [1.807, 2.05) is 41.1 Å². The topological polar surface area (TPSA) is 110 Å². The summed E-state index contributed by atoms with van der Waals surface area (Å²) in [4.78, 5) is 18.5. The second-order valence-corrected chi connectivity index (χ2v) is 8.66. The number of hydrogen-bond acceptors (Lipinski definition) is 8. The van der Waals surface area contributed by atoms with Gasteiger partial charge in [-0.05, 0) is 53.4 Å². The Labute approximate surface area is 197 Å². The number of nitrogens with one attached hydrogen (secondary N) is 2. The third-order valence-electron chi connectivity index (χ3n) is 5.57. The number of pyridine rings is 1. The number of benzene rings is 1. The SMILES string of the molecule is COc1ccc(C(NC(C)c2cccc(N3CCNC3=O)c2)c2nnnn2CCSC)nc1. The summed E-state index contributed by atoms with van der Waals surface area (Å²) in [5.74, 6) is 2.28. The molecule has 1 fully saturated rings. The maximum absolute atomic E-state index is 12.1. The Kier molecular flexibility index (Phi) is 7.40. The number of aryl methyl sites for hydroxylation is 1. The first-order chi connectivity index (χ1) is 16.1. The van der Waals surface area contributed by atoms with E-state index in [0.717, 1.165) is 22.7 Å². The summed E-state index contributed by atoms with van der Waals surface area (Å²) in [5, 5.41) is 18.9. The molecule has 3 aromatic rings. The van der Waals surface area contributed by atoms with Crippen LogP contribution in [0, 0.1) is 0 Å². The van der Waals surface area contributed by atoms with E-state index in [9.17, 15) is 4.79 Å². The van der Waals surface area contributed by atoms with E-state index < -0.39 is 0 Å². The summed E-state index contributed by atoms with van der Waals surface area (Å²) in [7, 11) is 1.62. The fourth-order valence-corrected chi connectivity index (χ4v) is 4.11. The van der Waals surface area contributed by atoms with Gasteiger partial charge in [0.1, 0.15) is 11.8 Å². The second-order valence-electron chi connectivity index (χ2n) is 7.68. The molecule has 0 radical (unpaired) electrons. The predicted octanol–water partition coefficient (Wildman–Crippen LogP) is 2.41. The minimum absolute atomic E-state index is 0.0600. The molecule has 1 aliphatic heterocycles. The lowest BCUT2D eigenvalue weighted by Crippen LogP contribution is -2.30. The Balaban J connectivity index is 1.62. The summed E-state index contributed by atoms with van der Waals surface area (Å²) in [6.07, 6.45) is 3.75. The van der Waals surface area contributed by atoms with E-state index >= 15 is 0 Å². The molecule has 4 rings (SSSR count). The summed E-state index contributed by atoms with van der Waals surface area (Å²) in [6, 6.07) is 11.3. The number of methoxy groups -OCH3 is 1. The van der Waals surface area contributed by atoms with Crippen molar-refractivity contribution in [3.63, 3.8) is 0 Å². The summed E-state index contributed by atoms with van der Waals surface area (Å²) in [6.45, 7) is 4.09. The standard InChI is InChI=1S/C22H28N8O2S/c1-15(16-5-4-6-17(13-16)29-10-9-23-22(29)31)25-20(19-8-7-18(32-2)14-24-19)21-26-27-28-30(21)11-12-33-3/h4-8,13-15,20,25H,9-12H2,1-3H3,(H,23,31). The van der Waals surface area contributed by atoms with Crippen molar-refractivity contribution < 1.29 is 9.53 Å². The van der Waals surface area contributed by atoms with Crippen molar-refractivity contribution in [1.29, 1.82) is 0 Å². The molecule has 174 valence electrons. The van der Waals surface area contributed by atoms with Gasteiger partial charge in [-0.2, -0.15) is 11.8 Å². The van der Waals surface area contributed by atoms with Gasteiger partial charge in [-0.25, -0.2) is 9.48 Å². The molecule has 11 heteroatoms. The van der Waals surface area contributed by atoms with Crippen molar-refractivity contribution in [2.24, 2.45) is 0 Å². The highest BCUT2D eigenvalue weighted by molar-refractivity contribution is 7.98. The Morgan fingerprint density at radius 1 is 1.30 bits per heavy atom. The summed E-state index contributed by atoms with van der Waals surface area (Å²) >= 11 is 1.74. The number of anilines is 1. The van der Waals surface area contributed by atoms with Gasteiger partial charge in [0.25, 0.3) is 0 Å². The molecule has 1 aliphatic rings. The zero-order chi connectivity index (χ0) is 23.2. The molecule has 2 atom stereocenters. The van der Waals surface area contributed by atoms with E-state index in [1.54, 1.807) is 30.0 Å². The van der Waals surface area contributed by atoms with Crippen LogP contribution in [0.5, 0.6) is 5.75 Å². The number of aromatic nitrogens is 5. The number of urea groups is 1. The van der Waals surface area contributed by atoms with E-state index in [4.69, 9.17) is 4.74 Å². The highest BCUT2D eigenvalue weighted by Gasteiger charge is 2.26. The van der Waals surface area contributed by atoms with E-state index in [0.29, 0.717) is 31.2 Å². The van der Waals surface area contributed by atoms with Gasteiger partial charge in [-0.15, -0.1) is 5.10 Å². The first kappa shape index (κ1) is 23.0. The summed E-state index contributed by atoms with van der Waals surface area (Å²) < 4.78 is 7.09. The zero-order valence-electron chi connectivity index (χ0n) is 18.9. The molecule has 2 aromatic heterocycles. The number of thioether (sulfide) groups is 1. The third-order valence-corrected chi connectivity index (χ3v) is 6.16. The van der Waals surface area contributed by atoms with Gasteiger partial charge in [-0.3, -0.25) is 15.2 Å². The van der Waals surface area contributed by atoms with Crippen molar-refractivity contribution in [2.75, 3.05) is 37.1 Å². The number of carbonyl (C=O) groups is 1. The van der Waals surface area contributed by atoms with Crippen LogP contribution in [0.4, 0.5) is 10.5 Å². The smallest absolute Gasteiger partial charge is 0.321 e.